The Labute approximate surface area is 253 Å². The minimum absolute atomic E-state index is 0.0411. The summed E-state index contributed by atoms with van der Waals surface area (Å²) in [6, 6.07) is 22.5. The highest BCUT2D eigenvalue weighted by molar-refractivity contribution is 6.31. The maximum Gasteiger partial charge on any atom is 0.261 e. The average molecular weight is 585 g/mol. The Hall–Kier alpha value is -3.48. The molecule has 220 valence electrons. The number of likely N-dealkylation sites (tertiary alicyclic amines) is 1. The Kier molecular flexibility index (Phi) is 9.76. The summed E-state index contributed by atoms with van der Waals surface area (Å²) in [5.41, 5.74) is 3.18. The first-order chi connectivity index (χ1) is 20.3. The Balaban J connectivity index is 1.56. The highest BCUT2D eigenvalue weighted by Gasteiger charge is 2.30. The normalized spacial score (nSPS) is 16.4. The van der Waals surface area contributed by atoms with E-state index in [2.05, 4.69) is 18.7 Å². The Bertz CT molecular complexity index is 1570. The third-order valence-electron chi connectivity index (χ3n) is 8.37. The van der Waals surface area contributed by atoms with Gasteiger partial charge in [0.05, 0.1) is 23.5 Å². The molecule has 42 heavy (non-hydrogen) atoms. The second-order valence-electron chi connectivity index (χ2n) is 11.7. The van der Waals surface area contributed by atoms with Crippen LogP contribution in [0.15, 0.2) is 77.6 Å². The minimum Gasteiger partial charge on any atom is -0.328 e. The Morgan fingerprint density at radius 2 is 1.86 bits per heavy atom. The Morgan fingerprint density at radius 3 is 2.57 bits per heavy atom. The van der Waals surface area contributed by atoms with E-state index in [-0.39, 0.29) is 17.5 Å². The van der Waals surface area contributed by atoms with Crippen LogP contribution >= 0.6 is 11.6 Å². The van der Waals surface area contributed by atoms with Crippen molar-refractivity contribution in [3.8, 4) is 0 Å². The van der Waals surface area contributed by atoms with Gasteiger partial charge >= 0.3 is 0 Å². The van der Waals surface area contributed by atoms with Gasteiger partial charge in [-0.2, -0.15) is 0 Å². The van der Waals surface area contributed by atoms with Crippen LogP contribution in [-0.2, 0) is 6.54 Å². The number of hydrogen-bond acceptors (Lipinski definition) is 4. The number of carbonyl (C=O) groups excluding carboxylic acids is 1. The summed E-state index contributed by atoms with van der Waals surface area (Å²) < 4.78 is 1.75. The largest absolute Gasteiger partial charge is 0.328 e. The molecule has 7 heteroatoms. The summed E-state index contributed by atoms with van der Waals surface area (Å²) >= 11 is 6.35. The number of amides is 1. The summed E-state index contributed by atoms with van der Waals surface area (Å²) in [6.45, 7) is 10.5. The summed E-state index contributed by atoms with van der Waals surface area (Å²) in [4.78, 5) is 37.7. The predicted molar refractivity (Wildman–Crippen MR) is 171 cm³/mol. The first-order valence-corrected chi connectivity index (χ1v) is 15.6. The van der Waals surface area contributed by atoms with E-state index in [1.165, 1.54) is 12.8 Å². The highest BCUT2D eigenvalue weighted by atomic mass is 35.5. The summed E-state index contributed by atoms with van der Waals surface area (Å²) in [7, 11) is 0. The number of rotatable bonds is 10. The van der Waals surface area contributed by atoms with Crippen LogP contribution in [0.25, 0.3) is 10.9 Å². The first-order valence-electron chi connectivity index (χ1n) is 15.2. The van der Waals surface area contributed by atoms with E-state index in [0.717, 1.165) is 37.2 Å². The zero-order valence-electron chi connectivity index (χ0n) is 24.9. The molecule has 4 aromatic rings. The van der Waals surface area contributed by atoms with Crippen molar-refractivity contribution < 1.29 is 4.79 Å². The zero-order valence-corrected chi connectivity index (χ0v) is 25.7. The quantitative estimate of drug-likeness (QED) is 0.199. The summed E-state index contributed by atoms with van der Waals surface area (Å²) in [5.74, 6) is 1.25. The monoisotopic (exact) mass is 584 g/mol. The lowest BCUT2D eigenvalue weighted by Gasteiger charge is -2.34. The van der Waals surface area contributed by atoms with Gasteiger partial charge in [0.15, 0.2) is 0 Å². The van der Waals surface area contributed by atoms with Gasteiger partial charge in [0, 0.05) is 23.7 Å². The minimum atomic E-state index is -0.390. The van der Waals surface area contributed by atoms with E-state index in [9.17, 15) is 9.59 Å². The number of aromatic nitrogens is 2. The topological polar surface area (TPSA) is 58.4 Å². The van der Waals surface area contributed by atoms with Crippen LogP contribution in [-0.4, -0.2) is 51.4 Å². The number of carbonyl (C=O) groups is 1. The van der Waals surface area contributed by atoms with Crippen molar-refractivity contribution in [3.63, 3.8) is 0 Å². The fourth-order valence-electron chi connectivity index (χ4n) is 6.14. The van der Waals surface area contributed by atoms with Crippen molar-refractivity contribution in [2.75, 3.05) is 26.2 Å². The van der Waals surface area contributed by atoms with Gasteiger partial charge in [0.2, 0.25) is 0 Å². The molecule has 0 aliphatic carbocycles. The Morgan fingerprint density at radius 1 is 1.10 bits per heavy atom. The second-order valence-corrected chi connectivity index (χ2v) is 12.1. The molecule has 0 N–H and O–H groups in total. The van der Waals surface area contributed by atoms with Gasteiger partial charge in [0.1, 0.15) is 5.82 Å². The molecule has 1 fully saturated rings. The van der Waals surface area contributed by atoms with Gasteiger partial charge in [-0.3, -0.25) is 14.2 Å². The number of piperidine rings is 1. The van der Waals surface area contributed by atoms with E-state index in [1.807, 2.05) is 66.4 Å². The van der Waals surface area contributed by atoms with E-state index in [1.54, 1.807) is 22.8 Å². The molecule has 6 nitrogen and oxygen atoms in total. The van der Waals surface area contributed by atoms with Crippen LogP contribution in [0.2, 0.25) is 5.02 Å². The van der Waals surface area contributed by atoms with Crippen LogP contribution in [0.1, 0.15) is 72.9 Å². The molecule has 0 radical (unpaired) electrons. The lowest BCUT2D eigenvalue weighted by Crippen LogP contribution is -2.41. The first kappa shape index (κ1) is 30.0. The second kappa shape index (κ2) is 13.7. The third kappa shape index (κ3) is 6.93. The molecule has 1 amide bonds. The fourth-order valence-corrected chi connectivity index (χ4v) is 6.31. The zero-order chi connectivity index (χ0) is 29.6. The molecule has 1 aliphatic rings. The van der Waals surface area contributed by atoms with Gasteiger partial charge in [0.25, 0.3) is 11.5 Å². The highest BCUT2D eigenvalue weighted by Crippen LogP contribution is 2.28. The van der Waals surface area contributed by atoms with E-state index < -0.39 is 0 Å². The van der Waals surface area contributed by atoms with Gasteiger partial charge in [-0.05, 0) is 87.5 Å². The standard InChI is InChI=1S/C35H41ClN4O2/c1-4-32(33-37-31-22-29(36)17-18-30(31)35(42)40(33)24-27-11-6-5-7-12-27)39(34(41)28-15-13-25(2)14-16-28)21-9-20-38-19-8-10-26(3)23-38/h5-7,11-18,22,26,32H,4,8-10,19-21,23-24H2,1-3H3. The molecular weight excluding hydrogens is 544 g/mol. The van der Waals surface area contributed by atoms with Crippen LogP contribution in [0, 0.1) is 12.8 Å². The smallest absolute Gasteiger partial charge is 0.261 e. The molecule has 0 bridgehead atoms. The van der Waals surface area contributed by atoms with Crippen molar-refractivity contribution in [1.29, 1.82) is 0 Å². The summed E-state index contributed by atoms with van der Waals surface area (Å²) in [6.07, 6.45) is 3.97. The molecule has 1 aromatic heterocycles. The fraction of sp³-hybridized carbons (Fsp3) is 0.400. The maximum absolute atomic E-state index is 14.2. The van der Waals surface area contributed by atoms with Gasteiger partial charge in [-0.1, -0.05) is 73.5 Å². The van der Waals surface area contributed by atoms with E-state index >= 15 is 0 Å². The lowest BCUT2D eigenvalue weighted by molar-refractivity contribution is 0.0640. The molecule has 0 saturated carbocycles. The van der Waals surface area contributed by atoms with Crippen LogP contribution in [0.3, 0.4) is 0 Å². The average Bonchev–Trinajstić information content (AvgIpc) is 2.99. The van der Waals surface area contributed by atoms with E-state index in [0.29, 0.717) is 52.7 Å². The number of benzene rings is 3. The molecule has 1 saturated heterocycles. The lowest BCUT2D eigenvalue weighted by atomic mass is 10.0. The van der Waals surface area contributed by atoms with Crippen molar-refractivity contribution in [2.45, 2.75) is 59.0 Å². The third-order valence-corrected chi connectivity index (χ3v) is 8.60. The molecule has 2 heterocycles. The van der Waals surface area contributed by atoms with Gasteiger partial charge in [-0.15, -0.1) is 0 Å². The molecule has 5 rings (SSSR count). The molecule has 2 unspecified atom stereocenters. The number of hydrogen-bond donors (Lipinski definition) is 0. The van der Waals surface area contributed by atoms with E-state index in [4.69, 9.17) is 16.6 Å². The molecule has 3 aromatic carbocycles. The number of nitrogens with zero attached hydrogens (tertiary/aromatic N) is 4. The maximum atomic E-state index is 14.2. The molecule has 2 atom stereocenters. The number of aryl methyl sites for hydroxylation is 1. The van der Waals surface area contributed by atoms with Gasteiger partial charge < -0.3 is 9.80 Å². The van der Waals surface area contributed by atoms with Crippen molar-refractivity contribution >= 4 is 28.4 Å². The van der Waals surface area contributed by atoms with Crippen LogP contribution < -0.4 is 5.56 Å². The predicted octanol–water partition coefficient (Wildman–Crippen LogP) is 7.12. The van der Waals surface area contributed by atoms with Crippen molar-refractivity contribution in [1.82, 2.24) is 19.4 Å². The number of fused-ring (bicyclic) bond motifs is 1. The molecule has 0 spiro atoms. The van der Waals surface area contributed by atoms with Crippen LogP contribution in [0.4, 0.5) is 0 Å². The van der Waals surface area contributed by atoms with Crippen LogP contribution in [0.5, 0.6) is 0 Å². The SMILES string of the molecule is CCC(c1nc2cc(Cl)ccc2c(=O)n1Cc1ccccc1)N(CCCN1CCCC(C)C1)C(=O)c1ccc(C)cc1. The summed E-state index contributed by atoms with van der Waals surface area (Å²) in [5, 5.41) is 1.04. The van der Waals surface area contributed by atoms with Gasteiger partial charge in [-0.25, -0.2) is 4.98 Å². The molecular formula is C35H41ClN4O2. The van der Waals surface area contributed by atoms with Crippen molar-refractivity contribution in [3.05, 3.63) is 111 Å². The van der Waals surface area contributed by atoms with Crippen molar-refractivity contribution in [2.24, 2.45) is 5.92 Å². The number of halogens is 1. The molecule has 1 aliphatic heterocycles.